The van der Waals surface area contributed by atoms with Crippen molar-refractivity contribution >= 4 is 27.8 Å². The highest BCUT2D eigenvalue weighted by atomic mass is 32.1. The maximum Gasteiger partial charge on any atom is 0.223 e. The van der Waals surface area contributed by atoms with Crippen LogP contribution in [0.5, 0.6) is 0 Å². The molecule has 0 aromatic heterocycles. The Morgan fingerprint density at radius 1 is 1.88 bits per heavy atom. The third-order valence-electron chi connectivity index (χ3n) is 0.553. The predicted molar refractivity (Wildman–Crippen MR) is 41.7 cm³/mol. The van der Waals surface area contributed by atoms with Crippen molar-refractivity contribution in [1.29, 1.82) is 0 Å². The normalized spacial score (nSPS) is 7.12. The van der Waals surface area contributed by atoms with Crippen molar-refractivity contribution in [3.8, 4) is 11.8 Å². The third-order valence-corrected chi connectivity index (χ3v) is 1.53. The van der Waals surface area contributed by atoms with Crippen molar-refractivity contribution in [1.82, 2.24) is 0 Å². The van der Waals surface area contributed by atoms with E-state index in [-0.39, 0.29) is 0 Å². The van der Waals surface area contributed by atoms with Crippen LogP contribution in [-0.4, -0.2) is 15.5 Å². The lowest BCUT2D eigenvalue weighted by molar-refractivity contribution is 0.638. The summed E-state index contributed by atoms with van der Waals surface area (Å²) >= 11 is 4.66. The fourth-order valence-electron chi connectivity index (χ4n) is 0.212. The Morgan fingerprint density at radius 2 is 2.50 bits per heavy atom. The van der Waals surface area contributed by atoms with E-state index in [0.717, 1.165) is 6.42 Å². The molecular weight excluding hydrogens is 136 g/mol. The standard InChI is InChI=1S/C5H8OSSi/c1-2-3-4-5(7)6-8/h2H2,1,8H3. The van der Waals surface area contributed by atoms with Crippen LogP contribution in [0, 0.1) is 11.8 Å². The summed E-state index contributed by atoms with van der Waals surface area (Å²) in [6, 6.07) is 0. The summed E-state index contributed by atoms with van der Waals surface area (Å²) in [6.07, 6.45) is 0.838. The number of hydrogen-bond donors (Lipinski definition) is 0. The van der Waals surface area contributed by atoms with Crippen LogP contribution in [0.15, 0.2) is 0 Å². The van der Waals surface area contributed by atoms with E-state index in [1.807, 2.05) is 6.92 Å². The second kappa shape index (κ2) is 4.82. The molecule has 0 aliphatic rings. The van der Waals surface area contributed by atoms with Crippen LogP contribution in [0.4, 0.5) is 0 Å². The maximum absolute atomic E-state index is 4.75. The first-order chi connectivity index (χ1) is 3.81. The number of rotatable bonds is 0. The van der Waals surface area contributed by atoms with Gasteiger partial charge in [0.2, 0.25) is 15.5 Å². The summed E-state index contributed by atoms with van der Waals surface area (Å²) in [5.41, 5.74) is 0. The molecule has 0 saturated carbocycles. The lowest BCUT2D eigenvalue weighted by atomic mass is 10.5. The van der Waals surface area contributed by atoms with Crippen LogP contribution in [0.3, 0.4) is 0 Å². The van der Waals surface area contributed by atoms with Gasteiger partial charge in [0.05, 0.1) is 0 Å². The summed E-state index contributed by atoms with van der Waals surface area (Å²) in [5, 5.41) is 0.429. The third kappa shape index (κ3) is 3.84. The summed E-state index contributed by atoms with van der Waals surface area (Å²) in [6.45, 7) is 1.97. The Morgan fingerprint density at radius 3 is 2.88 bits per heavy atom. The van der Waals surface area contributed by atoms with Gasteiger partial charge in [-0.2, -0.15) is 0 Å². The van der Waals surface area contributed by atoms with Gasteiger partial charge in [0.25, 0.3) is 0 Å². The second-order valence-corrected chi connectivity index (χ2v) is 1.93. The molecule has 3 heteroatoms. The van der Waals surface area contributed by atoms with Gasteiger partial charge >= 0.3 is 0 Å². The Balaban J connectivity index is 3.52. The van der Waals surface area contributed by atoms with Gasteiger partial charge in [-0.1, -0.05) is 12.8 Å². The summed E-state index contributed by atoms with van der Waals surface area (Å²) in [4.78, 5) is 0. The van der Waals surface area contributed by atoms with E-state index in [0.29, 0.717) is 15.5 Å². The van der Waals surface area contributed by atoms with Crippen molar-refractivity contribution in [3.63, 3.8) is 0 Å². The van der Waals surface area contributed by atoms with E-state index in [2.05, 4.69) is 24.1 Å². The largest absolute Gasteiger partial charge is 0.540 e. The Bertz CT molecular complexity index is 133. The van der Waals surface area contributed by atoms with Crippen molar-refractivity contribution in [2.45, 2.75) is 13.3 Å². The fourth-order valence-corrected chi connectivity index (χ4v) is 0.386. The highest BCUT2D eigenvalue weighted by Gasteiger charge is 1.78. The average Bonchev–Trinajstić information content (AvgIpc) is 1.83. The van der Waals surface area contributed by atoms with E-state index in [4.69, 9.17) is 4.43 Å². The second-order valence-electron chi connectivity index (χ2n) is 1.15. The molecule has 0 atom stereocenters. The Hall–Kier alpha value is -0.333. The molecule has 0 aliphatic heterocycles. The Labute approximate surface area is 58.0 Å². The van der Waals surface area contributed by atoms with Gasteiger partial charge in [0, 0.05) is 6.42 Å². The molecule has 0 aromatic carbocycles. The van der Waals surface area contributed by atoms with E-state index >= 15 is 0 Å². The van der Waals surface area contributed by atoms with Gasteiger partial charge in [0.15, 0.2) is 0 Å². The SMILES string of the molecule is CCC#CC(=S)O[SiH3]. The number of hydrogen-bond acceptors (Lipinski definition) is 2. The molecule has 0 radical (unpaired) electrons. The first kappa shape index (κ1) is 7.67. The maximum atomic E-state index is 4.75. The van der Waals surface area contributed by atoms with Crippen LogP contribution in [0.2, 0.25) is 0 Å². The molecule has 0 fully saturated rings. The smallest absolute Gasteiger partial charge is 0.223 e. The van der Waals surface area contributed by atoms with E-state index in [1.165, 1.54) is 0 Å². The lowest BCUT2D eigenvalue weighted by Gasteiger charge is -1.87. The zero-order chi connectivity index (χ0) is 6.41. The number of thiocarbonyl (C=S) groups is 1. The highest BCUT2D eigenvalue weighted by molar-refractivity contribution is 7.80. The van der Waals surface area contributed by atoms with Crippen molar-refractivity contribution in [2.75, 3.05) is 0 Å². The minimum absolute atomic E-state index is 0.429. The summed E-state index contributed by atoms with van der Waals surface area (Å²) < 4.78 is 4.75. The zero-order valence-electron chi connectivity index (χ0n) is 5.02. The van der Waals surface area contributed by atoms with E-state index in [9.17, 15) is 0 Å². The summed E-state index contributed by atoms with van der Waals surface area (Å²) in [7, 11) is 0.646. The molecule has 44 valence electrons. The van der Waals surface area contributed by atoms with Crippen LogP contribution in [0.25, 0.3) is 0 Å². The van der Waals surface area contributed by atoms with Gasteiger partial charge in [-0.15, -0.1) is 0 Å². The van der Waals surface area contributed by atoms with Gasteiger partial charge in [-0.25, -0.2) is 0 Å². The monoisotopic (exact) mass is 144 g/mol. The van der Waals surface area contributed by atoms with E-state index in [1.54, 1.807) is 0 Å². The molecule has 0 rings (SSSR count). The van der Waals surface area contributed by atoms with Gasteiger partial charge in [0.1, 0.15) is 0 Å². The predicted octanol–water partition coefficient (Wildman–Crippen LogP) is 0.0242. The summed E-state index contributed by atoms with van der Waals surface area (Å²) in [5.74, 6) is 5.48. The quantitative estimate of drug-likeness (QED) is 0.269. The van der Waals surface area contributed by atoms with Gasteiger partial charge in [-0.05, 0) is 18.1 Å². The van der Waals surface area contributed by atoms with Crippen LogP contribution in [0.1, 0.15) is 13.3 Å². The molecule has 1 nitrogen and oxygen atoms in total. The topological polar surface area (TPSA) is 9.23 Å². The average molecular weight is 144 g/mol. The molecule has 0 aromatic rings. The molecule has 0 N–H and O–H groups in total. The highest BCUT2D eigenvalue weighted by Crippen LogP contribution is 1.74. The van der Waals surface area contributed by atoms with E-state index < -0.39 is 0 Å². The minimum Gasteiger partial charge on any atom is -0.540 e. The van der Waals surface area contributed by atoms with Crippen LogP contribution in [-0.2, 0) is 4.43 Å². The van der Waals surface area contributed by atoms with Crippen molar-refractivity contribution < 1.29 is 4.43 Å². The fraction of sp³-hybridized carbons (Fsp3) is 0.400. The van der Waals surface area contributed by atoms with Gasteiger partial charge in [-0.3, -0.25) is 0 Å². The lowest BCUT2D eigenvalue weighted by Crippen LogP contribution is -1.91. The molecule has 0 saturated heterocycles. The minimum atomic E-state index is 0.429. The zero-order valence-corrected chi connectivity index (χ0v) is 7.84. The van der Waals surface area contributed by atoms with Crippen molar-refractivity contribution in [2.24, 2.45) is 0 Å². The Kier molecular flexibility index (Phi) is 4.62. The molecular formula is C5H8OSSi. The molecule has 0 amide bonds. The van der Waals surface area contributed by atoms with Crippen LogP contribution >= 0.6 is 12.2 Å². The first-order valence-electron chi connectivity index (χ1n) is 2.38. The molecule has 8 heavy (non-hydrogen) atoms. The molecule has 0 heterocycles. The molecule has 0 spiro atoms. The van der Waals surface area contributed by atoms with Crippen LogP contribution < -0.4 is 0 Å². The molecule has 0 bridgehead atoms. The van der Waals surface area contributed by atoms with Gasteiger partial charge < -0.3 is 4.43 Å². The van der Waals surface area contributed by atoms with Crippen molar-refractivity contribution in [3.05, 3.63) is 0 Å². The first-order valence-corrected chi connectivity index (χ1v) is 3.60. The molecule has 0 unspecified atom stereocenters. The molecule has 0 aliphatic carbocycles.